The molecule has 9 heteroatoms. The monoisotopic (exact) mass is 383 g/mol. The van der Waals surface area contributed by atoms with Crippen molar-refractivity contribution in [3.8, 4) is 11.1 Å². The van der Waals surface area contributed by atoms with Crippen molar-refractivity contribution in [2.45, 2.75) is 37.8 Å². The van der Waals surface area contributed by atoms with Gasteiger partial charge in [0, 0.05) is 35.1 Å². The van der Waals surface area contributed by atoms with Crippen LogP contribution in [0.25, 0.3) is 27.8 Å². The Morgan fingerprint density at radius 3 is 2.93 bits per heavy atom. The van der Waals surface area contributed by atoms with Crippen molar-refractivity contribution < 1.29 is 8.78 Å². The Kier molecular flexibility index (Phi) is 3.96. The second kappa shape index (κ2) is 6.50. The van der Waals surface area contributed by atoms with E-state index in [9.17, 15) is 8.78 Å². The summed E-state index contributed by atoms with van der Waals surface area (Å²) in [6.45, 7) is 0.209. The molecule has 28 heavy (non-hydrogen) atoms. The highest BCUT2D eigenvalue weighted by atomic mass is 19.1. The first-order chi connectivity index (χ1) is 13.6. The van der Waals surface area contributed by atoms with Crippen LogP contribution in [0.4, 0.5) is 14.7 Å². The molecule has 5 rings (SSSR count). The number of nitrogens with one attached hydrogen (secondary N) is 2. The van der Waals surface area contributed by atoms with Gasteiger partial charge in [0.05, 0.1) is 6.54 Å². The van der Waals surface area contributed by atoms with Gasteiger partial charge in [-0.3, -0.25) is 0 Å². The molecule has 0 unspecified atom stereocenters. The number of nitrogens with zero attached hydrogens (tertiary/aromatic N) is 5. The third-order valence-corrected chi connectivity index (χ3v) is 5.39. The highest BCUT2D eigenvalue weighted by molar-refractivity contribution is 5.93. The van der Waals surface area contributed by atoms with Gasteiger partial charge in [-0.05, 0) is 18.9 Å². The zero-order valence-electron chi connectivity index (χ0n) is 15.1. The van der Waals surface area contributed by atoms with Gasteiger partial charge in [0.25, 0.3) is 0 Å². The fraction of sp³-hybridized carbons (Fsp3) is 0.368. The molecule has 4 heterocycles. The Morgan fingerprint density at radius 1 is 1.21 bits per heavy atom. The number of aromatic amines is 1. The van der Waals surface area contributed by atoms with Crippen molar-refractivity contribution >= 4 is 22.6 Å². The van der Waals surface area contributed by atoms with Crippen LogP contribution in [0, 0.1) is 5.82 Å². The van der Waals surface area contributed by atoms with Crippen LogP contribution in [-0.2, 0) is 0 Å². The van der Waals surface area contributed by atoms with E-state index in [1.165, 1.54) is 16.9 Å². The van der Waals surface area contributed by atoms with Crippen molar-refractivity contribution in [2.75, 3.05) is 11.9 Å². The number of hydrogen-bond donors (Lipinski definition) is 2. The number of alkyl halides is 1. The minimum Gasteiger partial charge on any atom is -0.351 e. The quantitative estimate of drug-likeness (QED) is 0.559. The maximum absolute atomic E-state index is 14.8. The Balaban J connectivity index is 1.43. The molecule has 0 saturated heterocycles. The average molecular weight is 383 g/mol. The average Bonchev–Trinajstić information content (AvgIpc) is 3.33. The zero-order chi connectivity index (χ0) is 19.1. The van der Waals surface area contributed by atoms with Crippen LogP contribution in [0.15, 0.2) is 31.0 Å². The van der Waals surface area contributed by atoms with E-state index in [1.54, 1.807) is 18.6 Å². The van der Waals surface area contributed by atoms with Gasteiger partial charge in [-0.1, -0.05) is 19.3 Å². The van der Waals surface area contributed by atoms with E-state index >= 15 is 0 Å². The first-order valence-electron chi connectivity index (χ1n) is 9.38. The molecule has 144 valence electrons. The van der Waals surface area contributed by atoms with E-state index in [1.807, 2.05) is 0 Å². The van der Waals surface area contributed by atoms with Crippen LogP contribution in [0.1, 0.15) is 32.1 Å². The molecule has 7 nitrogen and oxygen atoms in total. The fourth-order valence-electron chi connectivity index (χ4n) is 3.86. The highest BCUT2D eigenvalue weighted by Crippen LogP contribution is 2.32. The van der Waals surface area contributed by atoms with Crippen LogP contribution in [0.3, 0.4) is 0 Å². The highest BCUT2D eigenvalue weighted by Gasteiger charge is 2.31. The van der Waals surface area contributed by atoms with Gasteiger partial charge in [-0.2, -0.15) is 10.1 Å². The lowest BCUT2D eigenvalue weighted by Crippen LogP contribution is -2.34. The number of rotatable bonds is 4. The van der Waals surface area contributed by atoms with Crippen molar-refractivity contribution in [3.05, 3.63) is 36.8 Å². The summed E-state index contributed by atoms with van der Waals surface area (Å²) in [7, 11) is 0. The predicted molar refractivity (Wildman–Crippen MR) is 101 cm³/mol. The normalized spacial score (nSPS) is 16.6. The smallest absolute Gasteiger partial charge is 0.224 e. The third kappa shape index (κ3) is 2.96. The standard InChI is InChI=1S/C19H19F2N7/c20-15-6-12(9-28-17(15)25-11-26-28)13-7-22-16-14(13)8-23-18(27-16)24-10-19(21)4-2-1-3-5-19/h6-9,11H,1-5,10H2,(H2,22,23,24,27). The number of hydrogen-bond acceptors (Lipinski definition) is 5. The SMILES string of the molecule is Fc1cc(-c2c[nH]c3nc(NCC4(F)CCCCC4)ncc23)cn2ncnc12. The second-order valence-corrected chi connectivity index (χ2v) is 7.33. The molecule has 1 aliphatic rings. The molecule has 0 radical (unpaired) electrons. The Morgan fingerprint density at radius 2 is 2.07 bits per heavy atom. The summed E-state index contributed by atoms with van der Waals surface area (Å²) in [4.78, 5) is 15.7. The van der Waals surface area contributed by atoms with E-state index in [4.69, 9.17) is 0 Å². The van der Waals surface area contributed by atoms with Crippen LogP contribution in [0.5, 0.6) is 0 Å². The summed E-state index contributed by atoms with van der Waals surface area (Å²) in [5.41, 5.74) is 0.975. The molecule has 4 aromatic rings. The number of fused-ring (bicyclic) bond motifs is 2. The molecule has 4 aromatic heterocycles. The van der Waals surface area contributed by atoms with Crippen molar-refractivity contribution in [1.29, 1.82) is 0 Å². The van der Waals surface area contributed by atoms with Crippen molar-refractivity contribution in [1.82, 2.24) is 29.5 Å². The molecule has 0 aromatic carbocycles. The summed E-state index contributed by atoms with van der Waals surface area (Å²) >= 11 is 0. The van der Waals surface area contributed by atoms with Crippen LogP contribution < -0.4 is 5.32 Å². The molecule has 1 aliphatic carbocycles. The topological polar surface area (TPSA) is 83.8 Å². The van der Waals surface area contributed by atoms with Gasteiger partial charge < -0.3 is 10.3 Å². The minimum absolute atomic E-state index is 0.175. The summed E-state index contributed by atoms with van der Waals surface area (Å²) in [6.07, 6.45) is 10.5. The Labute approximate surface area is 159 Å². The van der Waals surface area contributed by atoms with Crippen molar-refractivity contribution in [3.63, 3.8) is 0 Å². The number of halogens is 2. The molecule has 0 spiro atoms. The van der Waals surface area contributed by atoms with Gasteiger partial charge in [-0.25, -0.2) is 23.3 Å². The molecule has 1 fully saturated rings. The molecule has 0 aliphatic heterocycles. The largest absolute Gasteiger partial charge is 0.351 e. The number of pyridine rings is 1. The van der Waals surface area contributed by atoms with E-state index < -0.39 is 11.5 Å². The Hall–Kier alpha value is -3.10. The minimum atomic E-state index is -1.19. The molecular weight excluding hydrogens is 364 g/mol. The molecular formula is C19H19F2N7. The molecule has 0 amide bonds. The summed E-state index contributed by atoms with van der Waals surface area (Å²) in [5, 5.41) is 7.77. The predicted octanol–water partition coefficient (Wildman–Crippen LogP) is 3.89. The van der Waals surface area contributed by atoms with Gasteiger partial charge in [-0.15, -0.1) is 0 Å². The van der Waals surface area contributed by atoms with Gasteiger partial charge in [0.1, 0.15) is 17.6 Å². The summed E-state index contributed by atoms with van der Waals surface area (Å²) in [6, 6.07) is 1.41. The third-order valence-electron chi connectivity index (χ3n) is 5.39. The molecule has 1 saturated carbocycles. The first-order valence-corrected chi connectivity index (χ1v) is 9.38. The number of aromatic nitrogens is 6. The number of H-pyrrole nitrogens is 1. The zero-order valence-corrected chi connectivity index (χ0v) is 15.1. The maximum atomic E-state index is 14.8. The molecule has 0 bridgehead atoms. The van der Waals surface area contributed by atoms with Gasteiger partial charge in [0.15, 0.2) is 11.5 Å². The lowest BCUT2D eigenvalue weighted by Gasteiger charge is -2.29. The van der Waals surface area contributed by atoms with Crippen LogP contribution in [-0.4, -0.2) is 41.8 Å². The number of anilines is 1. The van der Waals surface area contributed by atoms with Crippen LogP contribution >= 0.6 is 0 Å². The Bertz CT molecular complexity index is 1140. The summed E-state index contributed by atoms with van der Waals surface area (Å²) < 4.78 is 30.4. The lowest BCUT2D eigenvalue weighted by molar-refractivity contribution is 0.122. The van der Waals surface area contributed by atoms with E-state index in [2.05, 4.69) is 30.4 Å². The van der Waals surface area contributed by atoms with Gasteiger partial charge in [0.2, 0.25) is 5.95 Å². The van der Waals surface area contributed by atoms with Crippen LogP contribution in [0.2, 0.25) is 0 Å². The lowest BCUT2D eigenvalue weighted by atomic mass is 9.86. The van der Waals surface area contributed by atoms with E-state index in [-0.39, 0.29) is 12.2 Å². The molecule has 0 atom stereocenters. The van der Waals surface area contributed by atoms with E-state index in [0.717, 1.165) is 30.2 Å². The fourth-order valence-corrected chi connectivity index (χ4v) is 3.86. The first kappa shape index (κ1) is 17.0. The summed E-state index contributed by atoms with van der Waals surface area (Å²) in [5.74, 6) is -0.0781. The van der Waals surface area contributed by atoms with Gasteiger partial charge >= 0.3 is 0 Å². The van der Waals surface area contributed by atoms with Crippen molar-refractivity contribution in [2.24, 2.45) is 0 Å². The second-order valence-electron chi connectivity index (χ2n) is 7.33. The molecule has 2 N–H and O–H groups in total. The van der Waals surface area contributed by atoms with E-state index in [0.29, 0.717) is 30.0 Å². The maximum Gasteiger partial charge on any atom is 0.224 e.